The molecule has 0 bridgehead atoms. The molecule has 4 rings (SSSR count). The molecule has 1 aliphatic rings. The number of esters is 1. The molecular formula is C18H14N2O5S. The SMILES string of the molecule is O=C(CSc1ccncc1)OCc1cc(-c2ccc3c(c2)OCO3)on1. The lowest BCUT2D eigenvalue weighted by atomic mass is 10.1. The Kier molecular flexibility index (Phi) is 4.74. The van der Waals surface area contributed by atoms with E-state index in [1.54, 1.807) is 18.5 Å². The molecule has 1 aromatic carbocycles. The van der Waals surface area contributed by atoms with Gasteiger partial charge in [0.15, 0.2) is 17.3 Å². The van der Waals surface area contributed by atoms with Crippen LogP contribution in [-0.2, 0) is 16.1 Å². The van der Waals surface area contributed by atoms with Crippen molar-refractivity contribution in [1.29, 1.82) is 0 Å². The van der Waals surface area contributed by atoms with Crippen molar-refractivity contribution in [3.8, 4) is 22.8 Å². The second-order valence-corrected chi connectivity index (χ2v) is 6.43. The number of nitrogens with zero attached hydrogens (tertiary/aromatic N) is 2. The maximum Gasteiger partial charge on any atom is 0.316 e. The van der Waals surface area contributed by atoms with Crippen LogP contribution in [0.1, 0.15) is 5.69 Å². The first-order valence-electron chi connectivity index (χ1n) is 7.82. The highest BCUT2D eigenvalue weighted by atomic mass is 32.2. The van der Waals surface area contributed by atoms with E-state index in [-0.39, 0.29) is 25.1 Å². The lowest BCUT2D eigenvalue weighted by Crippen LogP contribution is -2.07. The average molecular weight is 370 g/mol. The van der Waals surface area contributed by atoms with E-state index in [4.69, 9.17) is 18.7 Å². The Hall–Kier alpha value is -3.00. The van der Waals surface area contributed by atoms with Gasteiger partial charge in [0.2, 0.25) is 6.79 Å². The van der Waals surface area contributed by atoms with Crippen molar-refractivity contribution in [3.63, 3.8) is 0 Å². The van der Waals surface area contributed by atoms with Crippen molar-refractivity contribution < 1.29 is 23.5 Å². The third-order valence-corrected chi connectivity index (χ3v) is 4.59. The van der Waals surface area contributed by atoms with Gasteiger partial charge in [-0.3, -0.25) is 9.78 Å². The van der Waals surface area contributed by atoms with Gasteiger partial charge in [0, 0.05) is 28.9 Å². The van der Waals surface area contributed by atoms with Crippen molar-refractivity contribution in [2.24, 2.45) is 0 Å². The van der Waals surface area contributed by atoms with Crippen LogP contribution in [-0.4, -0.2) is 28.7 Å². The van der Waals surface area contributed by atoms with Crippen LogP contribution in [0.4, 0.5) is 0 Å². The highest BCUT2D eigenvalue weighted by Crippen LogP contribution is 2.36. The van der Waals surface area contributed by atoms with E-state index in [1.165, 1.54) is 11.8 Å². The molecule has 1 aliphatic heterocycles. The van der Waals surface area contributed by atoms with E-state index in [9.17, 15) is 4.79 Å². The van der Waals surface area contributed by atoms with Gasteiger partial charge in [0.05, 0.1) is 5.75 Å². The van der Waals surface area contributed by atoms with Crippen LogP contribution >= 0.6 is 11.8 Å². The second-order valence-electron chi connectivity index (χ2n) is 5.38. The zero-order chi connectivity index (χ0) is 17.8. The fourth-order valence-corrected chi connectivity index (χ4v) is 3.02. The molecule has 0 atom stereocenters. The van der Waals surface area contributed by atoms with Gasteiger partial charge in [-0.25, -0.2) is 0 Å². The van der Waals surface area contributed by atoms with E-state index in [1.807, 2.05) is 30.3 Å². The van der Waals surface area contributed by atoms with Gasteiger partial charge in [-0.1, -0.05) is 5.16 Å². The number of fused-ring (bicyclic) bond motifs is 1. The molecule has 0 aliphatic carbocycles. The topological polar surface area (TPSA) is 83.7 Å². The Morgan fingerprint density at radius 1 is 1.12 bits per heavy atom. The van der Waals surface area contributed by atoms with Crippen molar-refractivity contribution in [2.45, 2.75) is 11.5 Å². The summed E-state index contributed by atoms with van der Waals surface area (Å²) < 4.78 is 21.2. The van der Waals surface area contributed by atoms with Gasteiger partial charge >= 0.3 is 5.97 Å². The summed E-state index contributed by atoms with van der Waals surface area (Å²) in [5.74, 6) is 1.84. The molecule has 0 amide bonds. The van der Waals surface area contributed by atoms with E-state index < -0.39 is 0 Å². The van der Waals surface area contributed by atoms with Crippen LogP contribution in [0.15, 0.2) is 58.2 Å². The number of ether oxygens (including phenoxy) is 3. The average Bonchev–Trinajstić information content (AvgIpc) is 3.34. The molecule has 3 aromatic rings. The molecule has 0 N–H and O–H groups in total. The lowest BCUT2D eigenvalue weighted by Gasteiger charge is -2.02. The van der Waals surface area contributed by atoms with Gasteiger partial charge in [-0.05, 0) is 30.3 Å². The Morgan fingerprint density at radius 2 is 1.96 bits per heavy atom. The number of benzene rings is 1. The van der Waals surface area contributed by atoms with Crippen LogP contribution in [0, 0.1) is 0 Å². The molecule has 132 valence electrons. The van der Waals surface area contributed by atoms with Crippen LogP contribution in [0.5, 0.6) is 11.5 Å². The molecule has 3 heterocycles. The molecule has 0 unspecified atom stereocenters. The zero-order valence-electron chi connectivity index (χ0n) is 13.6. The predicted octanol–water partition coefficient (Wildman–Crippen LogP) is 3.30. The third kappa shape index (κ3) is 3.80. The number of hydrogen-bond donors (Lipinski definition) is 0. The Morgan fingerprint density at radius 3 is 2.85 bits per heavy atom. The molecular weight excluding hydrogens is 356 g/mol. The summed E-state index contributed by atoms with van der Waals surface area (Å²) >= 11 is 1.39. The minimum Gasteiger partial charge on any atom is -0.458 e. The molecule has 8 heteroatoms. The second kappa shape index (κ2) is 7.49. The number of thioether (sulfide) groups is 1. The summed E-state index contributed by atoms with van der Waals surface area (Å²) in [5, 5.41) is 3.94. The van der Waals surface area contributed by atoms with E-state index in [0.29, 0.717) is 23.0 Å². The quantitative estimate of drug-likeness (QED) is 0.483. The normalized spacial score (nSPS) is 12.2. The van der Waals surface area contributed by atoms with Gasteiger partial charge in [-0.15, -0.1) is 11.8 Å². The molecule has 2 aromatic heterocycles. The number of rotatable bonds is 6. The fraction of sp³-hybridized carbons (Fsp3) is 0.167. The van der Waals surface area contributed by atoms with Crippen molar-refractivity contribution in [3.05, 3.63) is 54.5 Å². The molecule has 7 nitrogen and oxygen atoms in total. The summed E-state index contributed by atoms with van der Waals surface area (Å²) in [5.41, 5.74) is 1.35. The summed E-state index contributed by atoms with van der Waals surface area (Å²) in [7, 11) is 0. The highest BCUT2D eigenvalue weighted by molar-refractivity contribution is 8.00. The summed E-state index contributed by atoms with van der Waals surface area (Å²) in [4.78, 5) is 16.7. The maximum absolute atomic E-state index is 11.8. The third-order valence-electron chi connectivity index (χ3n) is 3.60. The van der Waals surface area contributed by atoms with E-state index in [2.05, 4.69) is 10.1 Å². The number of aromatic nitrogens is 2. The molecule has 0 radical (unpaired) electrons. The number of pyridine rings is 1. The van der Waals surface area contributed by atoms with Crippen LogP contribution in [0.2, 0.25) is 0 Å². The molecule has 0 saturated heterocycles. The minimum absolute atomic E-state index is 0.0593. The van der Waals surface area contributed by atoms with Gasteiger partial charge < -0.3 is 18.7 Å². The predicted molar refractivity (Wildman–Crippen MR) is 92.8 cm³/mol. The zero-order valence-corrected chi connectivity index (χ0v) is 14.4. The first-order chi connectivity index (χ1) is 12.8. The van der Waals surface area contributed by atoms with Crippen LogP contribution < -0.4 is 9.47 Å². The maximum atomic E-state index is 11.8. The Labute approximate surface area is 153 Å². The van der Waals surface area contributed by atoms with E-state index >= 15 is 0 Å². The summed E-state index contributed by atoms with van der Waals surface area (Å²) in [6.45, 7) is 0.275. The van der Waals surface area contributed by atoms with Crippen molar-refractivity contribution in [2.75, 3.05) is 12.5 Å². The first-order valence-corrected chi connectivity index (χ1v) is 8.80. The van der Waals surface area contributed by atoms with Crippen LogP contribution in [0.3, 0.4) is 0 Å². The summed E-state index contributed by atoms with van der Waals surface area (Å²) in [6, 6.07) is 10.9. The summed E-state index contributed by atoms with van der Waals surface area (Å²) in [6.07, 6.45) is 3.36. The van der Waals surface area contributed by atoms with Crippen molar-refractivity contribution >= 4 is 17.7 Å². The van der Waals surface area contributed by atoms with Gasteiger partial charge in [0.25, 0.3) is 0 Å². The Balaban J connectivity index is 1.31. The molecule has 26 heavy (non-hydrogen) atoms. The Bertz CT molecular complexity index is 913. The molecule has 0 spiro atoms. The standard InChI is InChI=1S/C18H14N2O5S/c21-18(10-26-14-3-5-19-6-4-14)22-9-13-8-16(25-20-13)12-1-2-15-17(7-12)24-11-23-15/h1-8H,9-11H2. The number of carbonyl (C=O) groups excluding carboxylic acids is 1. The fourth-order valence-electron chi connectivity index (χ4n) is 2.34. The van der Waals surface area contributed by atoms with E-state index in [0.717, 1.165) is 10.5 Å². The van der Waals surface area contributed by atoms with Gasteiger partial charge in [0.1, 0.15) is 12.3 Å². The smallest absolute Gasteiger partial charge is 0.316 e. The highest BCUT2D eigenvalue weighted by Gasteiger charge is 2.16. The first kappa shape index (κ1) is 16.5. The van der Waals surface area contributed by atoms with Crippen LogP contribution in [0.25, 0.3) is 11.3 Å². The number of hydrogen-bond acceptors (Lipinski definition) is 8. The van der Waals surface area contributed by atoms with Crippen molar-refractivity contribution in [1.82, 2.24) is 10.1 Å². The largest absolute Gasteiger partial charge is 0.458 e. The lowest BCUT2D eigenvalue weighted by molar-refractivity contribution is -0.141. The minimum atomic E-state index is -0.320. The molecule has 0 saturated carbocycles. The monoisotopic (exact) mass is 370 g/mol. The van der Waals surface area contributed by atoms with Gasteiger partial charge in [-0.2, -0.15) is 0 Å². The number of carbonyl (C=O) groups is 1. The molecule has 0 fully saturated rings.